The Kier molecular flexibility index (Phi) is 3.05. The minimum absolute atomic E-state index is 0.259. The second-order valence-corrected chi connectivity index (χ2v) is 5.41. The van der Waals surface area contributed by atoms with Gasteiger partial charge in [0.15, 0.2) is 5.65 Å². The number of nitrogens with zero attached hydrogens (tertiary/aromatic N) is 3. The molecule has 3 rings (SSSR count). The lowest BCUT2D eigenvalue weighted by atomic mass is 10.0. The van der Waals surface area contributed by atoms with Gasteiger partial charge in [-0.25, -0.2) is 9.97 Å². The van der Waals surface area contributed by atoms with E-state index in [2.05, 4.69) is 60.8 Å². The van der Waals surface area contributed by atoms with E-state index in [1.807, 2.05) is 13.0 Å². The van der Waals surface area contributed by atoms with Crippen molar-refractivity contribution in [3.63, 3.8) is 0 Å². The number of fused-ring (bicyclic) bond motifs is 1. The van der Waals surface area contributed by atoms with Crippen molar-refractivity contribution in [3.8, 4) is 0 Å². The molecular weight excluding hydrogens is 246 g/mol. The maximum absolute atomic E-state index is 4.83. The normalized spacial score (nSPS) is 12.8. The van der Waals surface area contributed by atoms with Crippen LogP contribution in [0.2, 0.25) is 0 Å². The first-order chi connectivity index (χ1) is 9.58. The van der Waals surface area contributed by atoms with Gasteiger partial charge in [-0.3, -0.25) is 0 Å². The number of aromatic nitrogens is 3. The second-order valence-electron chi connectivity index (χ2n) is 5.41. The van der Waals surface area contributed by atoms with Crippen molar-refractivity contribution >= 4 is 11.2 Å². The Hall–Kier alpha value is -2.16. The van der Waals surface area contributed by atoms with Gasteiger partial charge < -0.3 is 4.57 Å². The zero-order chi connectivity index (χ0) is 14.3. The summed E-state index contributed by atoms with van der Waals surface area (Å²) in [5.41, 5.74) is 5.49. The number of hydrogen-bond donors (Lipinski definition) is 0. The van der Waals surface area contributed by atoms with Crippen molar-refractivity contribution < 1.29 is 0 Å². The smallest absolute Gasteiger partial charge is 0.160 e. The Bertz CT molecular complexity index is 757. The summed E-state index contributed by atoms with van der Waals surface area (Å²) < 4.78 is 2.12. The van der Waals surface area contributed by atoms with Gasteiger partial charge in [0, 0.05) is 18.7 Å². The van der Waals surface area contributed by atoms with Crippen LogP contribution in [0.4, 0.5) is 0 Å². The minimum Gasteiger partial charge on any atom is -0.315 e. The molecular formula is C17H19N3. The molecule has 1 aromatic carbocycles. The molecule has 1 atom stereocenters. The number of benzene rings is 1. The van der Waals surface area contributed by atoms with Crippen LogP contribution in [0.3, 0.4) is 0 Å². The lowest BCUT2D eigenvalue weighted by Crippen LogP contribution is -2.04. The highest BCUT2D eigenvalue weighted by atomic mass is 15.1. The predicted molar refractivity (Wildman–Crippen MR) is 81.9 cm³/mol. The highest BCUT2D eigenvalue weighted by Gasteiger charge is 2.18. The van der Waals surface area contributed by atoms with Crippen LogP contribution in [0.25, 0.3) is 11.2 Å². The minimum atomic E-state index is 0.259. The molecule has 3 heteroatoms. The van der Waals surface area contributed by atoms with Gasteiger partial charge in [-0.1, -0.05) is 37.3 Å². The van der Waals surface area contributed by atoms with E-state index >= 15 is 0 Å². The molecule has 3 nitrogen and oxygen atoms in total. The molecule has 3 aromatic rings. The molecule has 0 saturated carbocycles. The SMILES string of the molecule is Cc1cc(C)c2nc(C(C)c3ccccc3)n(C)c2n1. The number of pyridine rings is 1. The molecule has 1 unspecified atom stereocenters. The molecule has 2 aromatic heterocycles. The van der Waals surface area contributed by atoms with Crippen LogP contribution < -0.4 is 0 Å². The van der Waals surface area contributed by atoms with E-state index in [4.69, 9.17) is 4.98 Å². The summed E-state index contributed by atoms with van der Waals surface area (Å²) in [6.45, 7) is 6.32. The van der Waals surface area contributed by atoms with Crippen LogP contribution in [-0.2, 0) is 7.05 Å². The van der Waals surface area contributed by atoms with Crippen molar-refractivity contribution in [1.82, 2.24) is 14.5 Å². The fourth-order valence-electron chi connectivity index (χ4n) is 2.76. The maximum atomic E-state index is 4.83. The molecule has 0 spiro atoms. The quantitative estimate of drug-likeness (QED) is 0.706. The van der Waals surface area contributed by atoms with Crippen LogP contribution in [0.15, 0.2) is 36.4 Å². The molecule has 0 aliphatic carbocycles. The molecule has 0 amide bonds. The zero-order valence-electron chi connectivity index (χ0n) is 12.4. The first-order valence-corrected chi connectivity index (χ1v) is 6.93. The molecule has 0 aliphatic rings. The number of hydrogen-bond acceptors (Lipinski definition) is 2. The fourth-order valence-corrected chi connectivity index (χ4v) is 2.76. The molecule has 0 N–H and O–H groups in total. The van der Waals surface area contributed by atoms with E-state index in [0.717, 1.165) is 22.7 Å². The van der Waals surface area contributed by atoms with Crippen molar-refractivity contribution in [1.29, 1.82) is 0 Å². The van der Waals surface area contributed by atoms with Crippen LogP contribution in [0.1, 0.15) is 35.5 Å². The largest absolute Gasteiger partial charge is 0.315 e. The Balaban J connectivity index is 2.18. The van der Waals surface area contributed by atoms with Gasteiger partial charge in [0.05, 0.1) is 0 Å². The summed E-state index contributed by atoms with van der Waals surface area (Å²) in [7, 11) is 2.05. The number of rotatable bonds is 2. The van der Waals surface area contributed by atoms with Gasteiger partial charge in [0.1, 0.15) is 11.3 Å². The van der Waals surface area contributed by atoms with Crippen LogP contribution in [0.5, 0.6) is 0 Å². The molecule has 0 aliphatic heterocycles. The molecule has 0 bridgehead atoms. The summed E-state index contributed by atoms with van der Waals surface area (Å²) in [6, 6.07) is 12.6. The zero-order valence-corrected chi connectivity index (χ0v) is 12.4. The maximum Gasteiger partial charge on any atom is 0.160 e. The Morgan fingerprint density at radius 2 is 1.75 bits per heavy atom. The third-order valence-electron chi connectivity index (χ3n) is 3.87. The Labute approximate surface area is 119 Å². The summed E-state index contributed by atoms with van der Waals surface area (Å²) in [6.07, 6.45) is 0. The average Bonchev–Trinajstić information content (AvgIpc) is 2.77. The van der Waals surface area contributed by atoms with E-state index in [1.165, 1.54) is 11.1 Å². The first kappa shape index (κ1) is 12.9. The summed E-state index contributed by atoms with van der Waals surface area (Å²) in [5, 5.41) is 0. The predicted octanol–water partition coefficient (Wildman–Crippen LogP) is 3.74. The highest BCUT2D eigenvalue weighted by Crippen LogP contribution is 2.27. The summed E-state index contributed by atoms with van der Waals surface area (Å²) in [4.78, 5) is 9.46. The summed E-state index contributed by atoms with van der Waals surface area (Å²) >= 11 is 0. The highest BCUT2D eigenvalue weighted by molar-refractivity contribution is 5.76. The monoisotopic (exact) mass is 265 g/mol. The first-order valence-electron chi connectivity index (χ1n) is 6.93. The standard InChI is InChI=1S/C17H19N3/c1-11-10-12(2)18-17-15(11)19-16(20(17)4)13(3)14-8-6-5-7-9-14/h5-10,13H,1-4H3. The van der Waals surface area contributed by atoms with Crippen molar-refractivity contribution in [3.05, 3.63) is 59.0 Å². The van der Waals surface area contributed by atoms with Crippen molar-refractivity contribution in [2.75, 3.05) is 0 Å². The van der Waals surface area contributed by atoms with E-state index in [1.54, 1.807) is 0 Å². The second kappa shape index (κ2) is 4.75. The van der Waals surface area contributed by atoms with E-state index < -0.39 is 0 Å². The third-order valence-corrected chi connectivity index (χ3v) is 3.87. The third kappa shape index (κ3) is 1.99. The molecule has 0 saturated heterocycles. The molecule has 0 radical (unpaired) electrons. The van der Waals surface area contributed by atoms with E-state index in [0.29, 0.717) is 0 Å². The average molecular weight is 265 g/mol. The van der Waals surface area contributed by atoms with Gasteiger partial charge in [-0.2, -0.15) is 0 Å². The van der Waals surface area contributed by atoms with Crippen LogP contribution in [0, 0.1) is 13.8 Å². The van der Waals surface area contributed by atoms with Crippen LogP contribution in [-0.4, -0.2) is 14.5 Å². The van der Waals surface area contributed by atoms with Gasteiger partial charge in [0.2, 0.25) is 0 Å². The van der Waals surface area contributed by atoms with E-state index in [9.17, 15) is 0 Å². The molecule has 0 fully saturated rings. The van der Waals surface area contributed by atoms with Gasteiger partial charge in [0.25, 0.3) is 0 Å². The van der Waals surface area contributed by atoms with Gasteiger partial charge in [-0.05, 0) is 31.0 Å². The van der Waals surface area contributed by atoms with Crippen molar-refractivity contribution in [2.45, 2.75) is 26.7 Å². The summed E-state index contributed by atoms with van der Waals surface area (Å²) in [5.74, 6) is 1.32. The Morgan fingerprint density at radius 1 is 1.05 bits per heavy atom. The lowest BCUT2D eigenvalue weighted by molar-refractivity contribution is 0.748. The van der Waals surface area contributed by atoms with Crippen LogP contribution >= 0.6 is 0 Å². The fraction of sp³-hybridized carbons (Fsp3) is 0.294. The number of imidazole rings is 1. The van der Waals surface area contributed by atoms with Gasteiger partial charge >= 0.3 is 0 Å². The van der Waals surface area contributed by atoms with Crippen molar-refractivity contribution in [2.24, 2.45) is 7.05 Å². The lowest BCUT2D eigenvalue weighted by Gasteiger charge is -2.11. The molecule has 2 heterocycles. The molecule has 20 heavy (non-hydrogen) atoms. The topological polar surface area (TPSA) is 30.7 Å². The van der Waals surface area contributed by atoms with E-state index in [-0.39, 0.29) is 5.92 Å². The Morgan fingerprint density at radius 3 is 2.45 bits per heavy atom. The van der Waals surface area contributed by atoms with Gasteiger partial charge in [-0.15, -0.1) is 0 Å². The molecule has 102 valence electrons. The number of aryl methyl sites for hydroxylation is 3.